The minimum Gasteiger partial charge on any atom is -0.462 e. The minimum atomic E-state index is -0.558. The Morgan fingerprint density at radius 3 is 2.67 bits per heavy atom. The van der Waals surface area contributed by atoms with Gasteiger partial charge in [-0.1, -0.05) is 29.8 Å². The number of aliphatic imine (C=N–C) groups is 1. The van der Waals surface area contributed by atoms with Crippen LogP contribution in [0.5, 0.6) is 0 Å². The van der Waals surface area contributed by atoms with Crippen molar-refractivity contribution in [2.75, 3.05) is 11.9 Å². The molecule has 27 heavy (non-hydrogen) atoms. The number of amides is 1. The lowest BCUT2D eigenvalue weighted by atomic mass is 10.1. The summed E-state index contributed by atoms with van der Waals surface area (Å²) >= 11 is 0. The topological polar surface area (TPSA) is 79.8 Å². The molecular weight excluding hydrogens is 342 g/mol. The second kappa shape index (κ2) is 7.86. The lowest BCUT2D eigenvalue weighted by molar-refractivity contribution is -0.137. The van der Waals surface area contributed by atoms with E-state index in [1.54, 1.807) is 13.0 Å². The number of carbonyl (C=O) groups excluding carboxylic acids is 2. The summed E-state index contributed by atoms with van der Waals surface area (Å²) in [4.78, 5) is 29.5. The highest BCUT2D eigenvalue weighted by atomic mass is 16.5. The van der Waals surface area contributed by atoms with Crippen LogP contribution in [0.2, 0.25) is 0 Å². The first-order valence-electron chi connectivity index (χ1n) is 8.69. The minimum absolute atomic E-state index is 0.158. The molecule has 6 heteroatoms. The average molecular weight is 363 g/mol. The van der Waals surface area contributed by atoms with Gasteiger partial charge in [0.2, 0.25) is 0 Å². The van der Waals surface area contributed by atoms with E-state index in [0.29, 0.717) is 16.9 Å². The second-order valence-corrected chi connectivity index (χ2v) is 6.18. The third-order valence-electron chi connectivity index (χ3n) is 4.13. The number of nitrogens with one attached hydrogen (secondary N) is 2. The molecule has 0 saturated carbocycles. The Morgan fingerprint density at radius 2 is 1.93 bits per heavy atom. The van der Waals surface area contributed by atoms with Gasteiger partial charge in [-0.05, 0) is 44.5 Å². The highest BCUT2D eigenvalue weighted by molar-refractivity contribution is 6.13. The molecule has 3 rings (SSSR count). The van der Waals surface area contributed by atoms with Crippen molar-refractivity contribution in [3.8, 4) is 0 Å². The maximum atomic E-state index is 12.8. The van der Waals surface area contributed by atoms with Crippen LogP contribution in [0.1, 0.15) is 28.4 Å². The molecule has 0 saturated heterocycles. The van der Waals surface area contributed by atoms with Gasteiger partial charge >= 0.3 is 5.97 Å². The third-order valence-corrected chi connectivity index (χ3v) is 4.13. The van der Waals surface area contributed by atoms with Crippen molar-refractivity contribution < 1.29 is 14.3 Å². The van der Waals surface area contributed by atoms with Gasteiger partial charge in [0.25, 0.3) is 5.91 Å². The van der Waals surface area contributed by atoms with E-state index < -0.39 is 5.97 Å². The van der Waals surface area contributed by atoms with Gasteiger partial charge in [0, 0.05) is 11.8 Å². The molecule has 2 aromatic carbocycles. The molecule has 0 spiro atoms. The highest BCUT2D eigenvalue weighted by Gasteiger charge is 2.22. The Labute approximate surface area is 158 Å². The van der Waals surface area contributed by atoms with Gasteiger partial charge in [0.1, 0.15) is 11.4 Å². The Hall–Kier alpha value is -3.41. The first kappa shape index (κ1) is 18.4. The molecule has 0 unspecified atom stereocenters. The molecule has 1 aliphatic rings. The quantitative estimate of drug-likeness (QED) is 0.813. The van der Waals surface area contributed by atoms with Gasteiger partial charge in [-0.15, -0.1) is 0 Å². The summed E-state index contributed by atoms with van der Waals surface area (Å²) in [6.45, 7) is 5.79. The number of rotatable bonds is 4. The molecule has 0 bridgehead atoms. The predicted molar refractivity (Wildman–Crippen MR) is 105 cm³/mol. The molecule has 0 fully saturated rings. The number of esters is 1. The number of carbonyl (C=O) groups is 2. The Balaban J connectivity index is 1.98. The SMILES string of the molecule is CCOC(=O)C1=C(NC(=O)c2ccc(C)cc2C)Nc2ccccc2N=C1. The molecule has 0 radical (unpaired) electrons. The van der Waals surface area contributed by atoms with Crippen LogP contribution < -0.4 is 10.6 Å². The van der Waals surface area contributed by atoms with Crippen LogP contribution in [-0.2, 0) is 9.53 Å². The third kappa shape index (κ3) is 4.06. The Kier molecular flexibility index (Phi) is 5.35. The van der Waals surface area contributed by atoms with E-state index in [1.165, 1.54) is 6.21 Å². The molecule has 0 atom stereocenters. The van der Waals surface area contributed by atoms with Crippen LogP contribution in [0.4, 0.5) is 11.4 Å². The summed E-state index contributed by atoms with van der Waals surface area (Å²) in [5.41, 5.74) is 3.97. The maximum absolute atomic E-state index is 12.8. The fraction of sp³-hybridized carbons (Fsp3) is 0.190. The summed E-state index contributed by atoms with van der Waals surface area (Å²) in [5, 5.41) is 5.91. The van der Waals surface area contributed by atoms with Gasteiger partial charge in [-0.3, -0.25) is 9.79 Å². The van der Waals surface area contributed by atoms with E-state index in [9.17, 15) is 9.59 Å². The number of para-hydroxylation sites is 2. The Bertz CT molecular complexity index is 961. The van der Waals surface area contributed by atoms with Gasteiger partial charge in [-0.2, -0.15) is 0 Å². The Morgan fingerprint density at radius 1 is 1.15 bits per heavy atom. The number of aryl methyl sites for hydroxylation is 2. The molecule has 2 aromatic rings. The van der Waals surface area contributed by atoms with Crippen LogP contribution >= 0.6 is 0 Å². The molecule has 1 amide bonds. The zero-order valence-electron chi connectivity index (χ0n) is 15.5. The van der Waals surface area contributed by atoms with Gasteiger partial charge in [0.05, 0.1) is 18.0 Å². The molecule has 1 aliphatic heterocycles. The number of nitrogens with zero attached hydrogens (tertiary/aromatic N) is 1. The number of hydrogen-bond donors (Lipinski definition) is 2. The predicted octanol–water partition coefficient (Wildman–Crippen LogP) is 3.64. The first-order valence-corrected chi connectivity index (χ1v) is 8.69. The average Bonchev–Trinajstić information content (AvgIpc) is 2.81. The summed E-state index contributed by atoms with van der Waals surface area (Å²) in [7, 11) is 0. The van der Waals surface area contributed by atoms with E-state index in [4.69, 9.17) is 4.74 Å². The van der Waals surface area contributed by atoms with E-state index in [-0.39, 0.29) is 23.9 Å². The van der Waals surface area contributed by atoms with Crippen molar-refractivity contribution in [1.29, 1.82) is 0 Å². The number of benzene rings is 2. The van der Waals surface area contributed by atoms with Gasteiger partial charge in [0.15, 0.2) is 0 Å². The molecule has 138 valence electrons. The maximum Gasteiger partial charge on any atom is 0.343 e. The van der Waals surface area contributed by atoms with E-state index in [0.717, 1.165) is 11.1 Å². The van der Waals surface area contributed by atoms with Crippen molar-refractivity contribution in [3.05, 3.63) is 70.5 Å². The number of hydrogen-bond acceptors (Lipinski definition) is 5. The fourth-order valence-corrected chi connectivity index (χ4v) is 2.80. The van der Waals surface area contributed by atoms with Crippen molar-refractivity contribution in [2.24, 2.45) is 4.99 Å². The smallest absolute Gasteiger partial charge is 0.343 e. The van der Waals surface area contributed by atoms with E-state index in [2.05, 4.69) is 15.6 Å². The van der Waals surface area contributed by atoms with Crippen molar-refractivity contribution in [1.82, 2.24) is 5.32 Å². The molecule has 1 heterocycles. The second-order valence-electron chi connectivity index (χ2n) is 6.18. The summed E-state index contributed by atoms with van der Waals surface area (Å²) in [5.74, 6) is -0.630. The largest absolute Gasteiger partial charge is 0.462 e. The molecular formula is C21H21N3O3. The lowest BCUT2D eigenvalue weighted by Crippen LogP contribution is -2.31. The van der Waals surface area contributed by atoms with Gasteiger partial charge in [-0.25, -0.2) is 4.79 Å². The van der Waals surface area contributed by atoms with Crippen molar-refractivity contribution >= 4 is 29.5 Å². The van der Waals surface area contributed by atoms with E-state index in [1.807, 2.05) is 50.2 Å². The highest BCUT2D eigenvalue weighted by Crippen LogP contribution is 2.28. The molecule has 6 nitrogen and oxygen atoms in total. The van der Waals surface area contributed by atoms with Crippen LogP contribution in [0, 0.1) is 13.8 Å². The summed E-state index contributed by atoms with van der Waals surface area (Å²) in [6, 6.07) is 12.9. The van der Waals surface area contributed by atoms with Gasteiger partial charge < -0.3 is 15.4 Å². The van der Waals surface area contributed by atoms with E-state index >= 15 is 0 Å². The first-order chi connectivity index (χ1) is 13.0. The monoisotopic (exact) mass is 363 g/mol. The lowest BCUT2D eigenvalue weighted by Gasteiger charge is -2.15. The normalized spacial score (nSPS) is 12.7. The zero-order chi connectivity index (χ0) is 19.4. The van der Waals surface area contributed by atoms with Crippen LogP contribution in [0.3, 0.4) is 0 Å². The number of fused-ring (bicyclic) bond motifs is 1. The standard InChI is InChI=1S/C21H21N3O3/c1-4-27-21(26)16-12-22-17-7-5-6-8-18(17)23-19(16)24-20(25)15-10-9-13(2)11-14(15)3/h5-12,23H,4H2,1-3H3,(H,24,25). The van der Waals surface area contributed by atoms with Crippen LogP contribution in [0.15, 0.2) is 58.9 Å². The molecule has 0 aliphatic carbocycles. The van der Waals surface area contributed by atoms with Crippen LogP contribution in [-0.4, -0.2) is 24.7 Å². The van der Waals surface area contributed by atoms with Crippen molar-refractivity contribution in [3.63, 3.8) is 0 Å². The number of anilines is 1. The van der Waals surface area contributed by atoms with Crippen LogP contribution in [0.25, 0.3) is 0 Å². The summed E-state index contributed by atoms with van der Waals surface area (Å²) < 4.78 is 5.11. The zero-order valence-corrected chi connectivity index (χ0v) is 15.5. The summed E-state index contributed by atoms with van der Waals surface area (Å²) in [6.07, 6.45) is 1.41. The van der Waals surface area contributed by atoms with Crippen molar-refractivity contribution in [2.45, 2.75) is 20.8 Å². The molecule has 0 aromatic heterocycles. The molecule has 2 N–H and O–H groups in total. The fourth-order valence-electron chi connectivity index (χ4n) is 2.80. The number of ether oxygens (including phenoxy) is 1.